The van der Waals surface area contributed by atoms with Crippen LogP contribution in [0.15, 0.2) is 42.5 Å². The van der Waals surface area contributed by atoms with Gasteiger partial charge in [-0.2, -0.15) is 5.10 Å². The lowest BCUT2D eigenvalue weighted by Crippen LogP contribution is -2.36. The molecule has 32 heavy (non-hydrogen) atoms. The third-order valence-electron chi connectivity index (χ3n) is 5.41. The third-order valence-corrected chi connectivity index (χ3v) is 5.41. The lowest BCUT2D eigenvalue weighted by Gasteiger charge is -2.24. The van der Waals surface area contributed by atoms with Gasteiger partial charge in [-0.3, -0.25) is 9.59 Å². The maximum absolute atomic E-state index is 13.2. The van der Waals surface area contributed by atoms with Gasteiger partial charge < -0.3 is 24.8 Å². The van der Waals surface area contributed by atoms with Crippen LogP contribution in [-0.4, -0.2) is 42.9 Å². The lowest BCUT2D eigenvalue weighted by atomic mass is 10.1. The number of rotatable bonds is 6. The maximum Gasteiger partial charge on any atom is 0.249 e. The van der Waals surface area contributed by atoms with Crippen molar-refractivity contribution in [2.24, 2.45) is 0 Å². The smallest absolute Gasteiger partial charge is 0.249 e. The van der Waals surface area contributed by atoms with Gasteiger partial charge in [0.05, 0.1) is 39.1 Å². The summed E-state index contributed by atoms with van der Waals surface area (Å²) < 4.78 is 17.4. The van der Waals surface area contributed by atoms with Crippen LogP contribution in [0, 0.1) is 6.92 Å². The van der Waals surface area contributed by atoms with Gasteiger partial charge in [0, 0.05) is 17.2 Å². The molecule has 0 saturated heterocycles. The largest absolute Gasteiger partial charge is 0.497 e. The topological polar surface area (TPSA) is 104 Å². The molecule has 1 atom stereocenters. The fourth-order valence-corrected chi connectivity index (χ4v) is 3.69. The Hall–Kier alpha value is -4.01. The fourth-order valence-electron chi connectivity index (χ4n) is 3.69. The summed E-state index contributed by atoms with van der Waals surface area (Å²) in [5, 5.41) is 10.4. The number of methoxy groups -OCH3 is 3. The van der Waals surface area contributed by atoms with E-state index in [4.69, 9.17) is 14.2 Å². The summed E-state index contributed by atoms with van der Waals surface area (Å²) in [5.41, 5.74) is 2.76. The molecule has 1 aliphatic heterocycles. The second-order valence-electron chi connectivity index (χ2n) is 7.32. The summed E-state index contributed by atoms with van der Waals surface area (Å²) in [6.45, 7) is 1.87. The molecule has 0 bridgehead atoms. The second-order valence-corrected chi connectivity index (χ2v) is 7.32. The standard InChI is InChI=1S/C23H24N4O5/c1-13-21(14-5-7-15(30-2)8-6-14)26-27-18(12-20(28)25-22(13)27)23(29)24-17-11-16(31-3)9-10-19(17)32-4/h5-11,18H,12H2,1-4H3,(H,24,29)(H,25,28)/t18-/m0/s1. The predicted octanol–water partition coefficient (Wildman–Crippen LogP) is 3.41. The molecule has 9 nitrogen and oxygen atoms in total. The van der Waals surface area contributed by atoms with Crippen molar-refractivity contribution in [3.63, 3.8) is 0 Å². The summed E-state index contributed by atoms with van der Waals surface area (Å²) >= 11 is 0. The van der Waals surface area contributed by atoms with Crippen LogP contribution in [0.1, 0.15) is 18.0 Å². The Morgan fingerprint density at radius 1 is 1.06 bits per heavy atom. The van der Waals surface area contributed by atoms with Gasteiger partial charge in [-0.25, -0.2) is 4.68 Å². The summed E-state index contributed by atoms with van der Waals surface area (Å²) in [6, 6.07) is 11.7. The minimum Gasteiger partial charge on any atom is -0.497 e. The Morgan fingerprint density at radius 2 is 1.75 bits per heavy atom. The minimum atomic E-state index is -0.819. The van der Waals surface area contributed by atoms with Crippen LogP contribution in [0.4, 0.5) is 11.5 Å². The van der Waals surface area contributed by atoms with Gasteiger partial charge in [0.25, 0.3) is 0 Å². The number of aromatic nitrogens is 2. The molecule has 0 spiro atoms. The molecule has 2 aromatic carbocycles. The first-order valence-electron chi connectivity index (χ1n) is 10.0. The van der Waals surface area contributed by atoms with E-state index in [1.165, 1.54) is 7.11 Å². The molecule has 166 valence electrons. The Balaban J connectivity index is 1.69. The van der Waals surface area contributed by atoms with Gasteiger partial charge >= 0.3 is 0 Å². The lowest BCUT2D eigenvalue weighted by molar-refractivity contribution is -0.125. The highest BCUT2D eigenvalue weighted by atomic mass is 16.5. The molecule has 0 radical (unpaired) electrons. The van der Waals surface area contributed by atoms with Crippen LogP contribution in [0.5, 0.6) is 17.2 Å². The Kier molecular flexibility index (Phi) is 5.72. The number of nitrogens with zero attached hydrogens (tertiary/aromatic N) is 2. The number of anilines is 2. The maximum atomic E-state index is 13.2. The summed E-state index contributed by atoms with van der Waals surface area (Å²) in [6.07, 6.45) is -0.0334. The molecule has 4 rings (SSSR count). The van der Waals surface area contributed by atoms with Crippen molar-refractivity contribution in [2.75, 3.05) is 32.0 Å². The van der Waals surface area contributed by atoms with E-state index in [9.17, 15) is 9.59 Å². The Morgan fingerprint density at radius 3 is 2.41 bits per heavy atom. The van der Waals surface area contributed by atoms with E-state index in [1.807, 2.05) is 31.2 Å². The van der Waals surface area contributed by atoms with Crippen LogP contribution in [0.2, 0.25) is 0 Å². The first-order valence-corrected chi connectivity index (χ1v) is 10.0. The fraction of sp³-hybridized carbons (Fsp3) is 0.261. The number of amides is 2. The number of benzene rings is 2. The second kappa shape index (κ2) is 8.62. The van der Waals surface area contributed by atoms with E-state index in [-0.39, 0.29) is 18.2 Å². The van der Waals surface area contributed by atoms with Gasteiger partial charge in [0.1, 0.15) is 29.1 Å². The highest BCUT2D eigenvalue weighted by molar-refractivity contribution is 6.02. The zero-order chi connectivity index (χ0) is 22.8. The number of carbonyl (C=O) groups excluding carboxylic acids is 2. The summed E-state index contributed by atoms with van der Waals surface area (Å²) in [5.74, 6) is 1.66. The molecule has 2 amide bonds. The Labute approximate surface area is 185 Å². The molecule has 0 saturated carbocycles. The van der Waals surface area contributed by atoms with Crippen molar-refractivity contribution in [3.8, 4) is 28.5 Å². The predicted molar refractivity (Wildman–Crippen MR) is 119 cm³/mol. The van der Waals surface area contributed by atoms with Gasteiger partial charge in [-0.15, -0.1) is 0 Å². The van der Waals surface area contributed by atoms with Crippen molar-refractivity contribution in [2.45, 2.75) is 19.4 Å². The van der Waals surface area contributed by atoms with E-state index >= 15 is 0 Å². The highest BCUT2D eigenvalue weighted by Crippen LogP contribution is 2.36. The van der Waals surface area contributed by atoms with Crippen LogP contribution in [0.3, 0.4) is 0 Å². The van der Waals surface area contributed by atoms with E-state index in [2.05, 4.69) is 15.7 Å². The quantitative estimate of drug-likeness (QED) is 0.614. The molecule has 9 heteroatoms. The van der Waals surface area contributed by atoms with Crippen molar-refractivity contribution in [1.82, 2.24) is 9.78 Å². The van der Waals surface area contributed by atoms with Crippen LogP contribution in [-0.2, 0) is 9.59 Å². The van der Waals surface area contributed by atoms with Gasteiger partial charge in [0.2, 0.25) is 11.8 Å². The zero-order valence-corrected chi connectivity index (χ0v) is 18.3. The minimum absolute atomic E-state index is 0.0334. The van der Waals surface area contributed by atoms with Crippen molar-refractivity contribution < 1.29 is 23.8 Å². The molecule has 1 aromatic heterocycles. The van der Waals surface area contributed by atoms with Crippen molar-refractivity contribution >= 4 is 23.3 Å². The number of fused-ring (bicyclic) bond motifs is 1. The molecule has 0 aliphatic carbocycles. The van der Waals surface area contributed by atoms with Gasteiger partial charge in [-0.05, 0) is 43.3 Å². The average Bonchev–Trinajstić information content (AvgIpc) is 3.14. The first kappa shape index (κ1) is 21.2. The normalized spacial score (nSPS) is 14.9. The van der Waals surface area contributed by atoms with Crippen molar-refractivity contribution in [3.05, 3.63) is 48.0 Å². The van der Waals surface area contributed by atoms with E-state index in [1.54, 1.807) is 37.1 Å². The van der Waals surface area contributed by atoms with E-state index < -0.39 is 6.04 Å². The van der Waals surface area contributed by atoms with Gasteiger partial charge in [0.15, 0.2) is 0 Å². The monoisotopic (exact) mass is 436 g/mol. The number of hydrogen-bond acceptors (Lipinski definition) is 6. The molecule has 3 aromatic rings. The molecule has 2 N–H and O–H groups in total. The Bertz CT molecular complexity index is 1170. The summed E-state index contributed by atoms with van der Waals surface area (Å²) in [7, 11) is 4.66. The number of carbonyl (C=O) groups is 2. The highest BCUT2D eigenvalue weighted by Gasteiger charge is 2.34. The summed E-state index contributed by atoms with van der Waals surface area (Å²) in [4.78, 5) is 25.6. The van der Waals surface area contributed by atoms with E-state index in [0.717, 1.165) is 16.9 Å². The molecule has 0 fully saturated rings. The number of ether oxygens (including phenoxy) is 3. The molecule has 2 heterocycles. The van der Waals surface area contributed by atoms with Crippen molar-refractivity contribution in [1.29, 1.82) is 0 Å². The number of hydrogen-bond donors (Lipinski definition) is 2. The first-order chi connectivity index (χ1) is 15.4. The molecular formula is C23H24N4O5. The molecule has 0 unspecified atom stereocenters. The molecule has 1 aliphatic rings. The van der Waals surface area contributed by atoms with Crippen LogP contribution in [0.25, 0.3) is 11.3 Å². The third kappa shape index (κ3) is 3.84. The average molecular weight is 436 g/mol. The van der Waals surface area contributed by atoms with Crippen LogP contribution < -0.4 is 24.8 Å². The van der Waals surface area contributed by atoms with Crippen LogP contribution >= 0.6 is 0 Å². The van der Waals surface area contributed by atoms with Gasteiger partial charge in [-0.1, -0.05) is 0 Å². The SMILES string of the molecule is COc1ccc(-c2nn3c(c2C)NC(=O)C[C@H]3C(=O)Nc2cc(OC)ccc2OC)cc1. The van der Waals surface area contributed by atoms with E-state index in [0.29, 0.717) is 28.7 Å². The molecular weight excluding hydrogens is 412 g/mol. The number of nitrogens with one attached hydrogen (secondary N) is 2. The zero-order valence-electron chi connectivity index (χ0n) is 18.3.